The summed E-state index contributed by atoms with van der Waals surface area (Å²) in [5.74, 6) is -0.0724. The van der Waals surface area contributed by atoms with E-state index in [1.807, 2.05) is 0 Å². The molecular formula is C48H95NO6. The van der Waals surface area contributed by atoms with Gasteiger partial charge >= 0.3 is 11.9 Å². The molecule has 2 atom stereocenters. The predicted octanol–water partition coefficient (Wildman–Crippen LogP) is 13.2. The molecule has 0 aromatic carbocycles. The molecule has 0 amide bonds. The van der Waals surface area contributed by atoms with Crippen LogP contribution in [0.2, 0.25) is 0 Å². The molecule has 0 spiro atoms. The smallest absolute Gasteiger partial charge is 0.306 e. The van der Waals surface area contributed by atoms with Gasteiger partial charge in [-0.1, -0.05) is 163 Å². The number of unbranched alkanes of at least 4 members (excludes halogenated alkanes) is 21. The van der Waals surface area contributed by atoms with Crippen molar-refractivity contribution in [1.82, 2.24) is 4.90 Å². The summed E-state index contributed by atoms with van der Waals surface area (Å²) in [6, 6.07) is 0. The van der Waals surface area contributed by atoms with Crippen molar-refractivity contribution < 1.29 is 29.3 Å². The number of carbonyl (C=O) groups excluding carboxylic acids is 2. The molecule has 0 radical (unpaired) electrons. The van der Waals surface area contributed by atoms with Crippen LogP contribution in [0, 0.1) is 0 Å². The van der Waals surface area contributed by atoms with Gasteiger partial charge in [-0.3, -0.25) is 9.59 Å². The van der Waals surface area contributed by atoms with Crippen molar-refractivity contribution in [1.29, 1.82) is 0 Å². The fourth-order valence-corrected chi connectivity index (χ4v) is 7.73. The highest BCUT2D eigenvalue weighted by molar-refractivity contribution is 5.69. The molecule has 2 unspecified atom stereocenters. The number of ether oxygens (including phenoxy) is 2. The minimum atomic E-state index is -0.395. The van der Waals surface area contributed by atoms with E-state index in [9.17, 15) is 19.8 Å². The molecular weight excluding hydrogens is 687 g/mol. The Balaban J connectivity index is 4.28. The fourth-order valence-electron chi connectivity index (χ4n) is 7.73. The number of rotatable bonds is 44. The van der Waals surface area contributed by atoms with Crippen LogP contribution in [-0.4, -0.2) is 71.6 Å². The zero-order valence-corrected chi connectivity index (χ0v) is 37.3. The summed E-state index contributed by atoms with van der Waals surface area (Å²) in [6.07, 6.45) is 37.9. The Morgan fingerprint density at radius 2 is 0.800 bits per heavy atom. The normalized spacial score (nSPS) is 12.8. The Labute approximate surface area is 342 Å². The third kappa shape index (κ3) is 38.1. The molecule has 55 heavy (non-hydrogen) atoms. The van der Waals surface area contributed by atoms with E-state index in [1.165, 1.54) is 109 Å². The number of carbonyl (C=O) groups is 2. The second kappa shape index (κ2) is 42.4. The van der Waals surface area contributed by atoms with E-state index >= 15 is 0 Å². The lowest BCUT2D eigenvalue weighted by molar-refractivity contribution is -0.151. The van der Waals surface area contributed by atoms with Gasteiger partial charge in [0.15, 0.2) is 0 Å². The van der Waals surface area contributed by atoms with Crippen LogP contribution in [0.15, 0.2) is 0 Å². The lowest BCUT2D eigenvalue weighted by atomic mass is 10.0. The molecule has 0 rings (SSSR count). The Kier molecular flexibility index (Phi) is 41.5. The van der Waals surface area contributed by atoms with Crippen molar-refractivity contribution in [3.8, 4) is 0 Å². The largest absolute Gasteiger partial charge is 0.462 e. The van der Waals surface area contributed by atoms with Crippen molar-refractivity contribution in [2.45, 2.75) is 271 Å². The van der Waals surface area contributed by atoms with Gasteiger partial charge in [0.1, 0.15) is 12.2 Å². The maximum atomic E-state index is 12.8. The van der Waals surface area contributed by atoms with Crippen molar-refractivity contribution in [2.75, 3.05) is 26.2 Å². The summed E-state index contributed by atoms with van der Waals surface area (Å²) in [5, 5.41) is 20.2. The van der Waals surface area contributed by atoms with E-state index in [2.05, 4.69) is 32.6 Å². The minimum Gasteiger partial charge on any atom is -0.462 e. The van der Waals surface area contributed by atoms with E-state index in [4.69, 9.17) is 9.47 Å². The van der Waals surface area contributed by atoms with Crippen LogP contribution in [0.25, 0.3) is 0 Å². The molecule has 0 heterocycles. The highest BCUT2D eigenvalue weighted by Gasteiger charge is 2.16. The first-order chi connectivity index (χ1) is 26.9. The summed E-state index contributed by atoms with van der Waals surface area (Å²) in [6.45, 7) is 11.4. The standard InChI is InChI=1S/C48H95NO6/c1-5-9-12-15-19-26-35-45(33-8-4)54-47(52)39-30-24-25-34-44(51)43-49(41-32-42-50)40-31-23-18-22-29-38-48(53)55-46(36-27-20-16-13-10-6-2)37-28-21-17-14-11-7-3/h44-46,50-51H,5-43H2,1-4H3. The third-order valence-corrected chi connectivity index (χ3v) is 11.2. The molecule has 0 saturated heterocycles. The van der Waals surface area contributed by atoms with Gasteiger partial charge in [-0.25, -0.2) is 0 Å². The number of esters is 2. The molecule has 2 N–H and O–H groups in total. The Morgan fingerprint density at radius 3 is 1.25 bits per heavy atom. The zero-order chi connectivity index (χ0) is 40.5. The second-order valence-corrected chi connectivity index (χ2v) is 16.8. The van der Waals surface area contributed by atoms with Crippen molar-refractivity contribution in [3.63, 3.8) is 0 Å². The first-order valence-electron chi connectivity index (χ1n) is 24.3. The lowest BCUT2D eigenvalue weighted by Gasteiger charge is -2.25. The Morgan fingerprint density at radius 1 is 0.436 bits per heavy atom. The minimum absolute atomic E-state index is 0.00881. The summed E-state index contributed by atoms with van der Waals surface area (Å²) in [4.78, 5) is 27.6. The van der Waals surface area contributed by atoms with Crippen LogP contribution in [0.3, 0.4) is 0 Å². The molecule has 0 bridgehead atoms. The van der Waals surface area contributed by atoms with E-state index < -0.39 is 6.10 Å². The van der Waals surface area contributed by atoms with Crippen LogP contribution in [0.4, 0.5) is 0 Å². The first kappa shape index (κ1) is 53.8. The van der Waals surface area contributed by atoms with Gasteiger partial charge in [0, 0.05) is 32.5 Å². The number of hydrogen-bond acceptors (Lipinski definition) is 7. The second-order valence-electron chi connectivity index (χ2n) is 16.8. The van der Waals surface area contributed by atoms with Crippen molar-refractivity contribution in [3.05, 3.63) is 0 Å². The predicted molar refractivity (Wildman–Crippen MR) is 234 cm³/mol. The monoisotopic (exact) mass is 782 g/mol. The molecule has 328 valence electrons. The van der Waals surface area contributed by atoms with E-state index in [-0.39, 0.29) is 30.8 Å². The van der Waals surface area contributed by atoms with Crippen LogP contribution in [0.5, 0.6) is 0 Å². The number of aliphatic hydroxyl groups excluding tert-OH is 2. The van der Waals surface area contributed by atoms with Gasteiger partial charge in [-0.15, -0.1) is 0 Å². The number of hydrogen-bond donors (Lipinski definition) is 2. The van der Waals surface area contributed by atoms with E-state index in [0.29, 0.717) is 25.8 Å². The first-order valence-corrected chi connectivity index (χ1v) is 24.3. The fraction of sp³-hybridized carbons (Fsp3) is 0.958. The van der Waals surface area contributed by atoms with E-state index in [1.54, 1.807) is 0 Å². The van der Waals surface area contributed by atoms with Crippen molar-refractivity contribution >= 4 is 11.9 Å². The molecule has 7 heteroatoms. The molecule has 0 aromatic rings. The molecule has 0 saturated carbocycles. The summed E-state index contributed by atoms with van der Waals surface area (Å²) >= 11 is 0. The highest BCUT2D eigenvalue weighted by Crippen LogP contribution is 2.19. The average Bonchev–Trinajstić information content (AvgIpc) is 3.17. The van der Waals surface area contributed by atoms with Gasteiger partial charge < -0.3 is 24.6 Å². The summed E-state index contributed by atoms with van der Waals surface area (Å²) < 4.78 is 11.9. The molecule has 7 nitrogen and oxygen atoms in total. The summed E-state index contributed by atoms with van der Waals surface area (Å²) in [5.41, 5.74) is 0. The maximum absolute atomic E-state index is 12.8. The molecule has 0 aliphatic heterocycles. The van der Waals surface area contributed by atoms with Gasteiger partial charge in [0.25, 0.3) is 0 Å². The highest BCUT2D eigenvalue weighted by atomic mass is 16.5. The SMILES string of the molecule is CCCCCCCCC(CCC)OC(=O)CCCCCC(O)CN(CCCO)CCCCCCCC(=O)OC(CCCCCCCC)CCCCCCCC. The van der Waals surface area contributed by atoms with Crippen LogP contribution < -0.4 is 0 Å². The van der Waals surface area contributed by atoms with Gasteiger partial charge in [-0.05, 0) is 83.6 Å². The quantitative estimate of drug-likeness (QED) is 0.0469. The number of nitrogens with zero attached hydrogens (tertiary/aromatic N) is 1. The van der Waals surface area contributed by atoms with Gasteiger partial charge in [0.2, 0.25) is 0 Å². The molecule has 0 aliphatic rings. The van der Waals surface area contributed by atoms with E-state index in [0.717, 1.165) is 109 Å². The molecule has 0 aromatic heterocycles. The van der Waals surface area contributed by atoms with Gasteiger partial charge in [0.05, 0.1) is 6.10 Å². The van der Waals surface area contributed by atoms with Crippen LogP contribution in [-0.2, 0) is 19.1 Å². The molecule has 0 aliphatic carbocycles. The zero-order valence-electron chi connectivity index (χ0n) is 37.3. The Hall–Kier alpha value is -1.18. The average molecular weight is 782 g/mol. The van der Waals surface area contributed by atoms with Gasteiger partial charge in [-0.2, -0.15) is 0 Å². The van der Waals surface area contributed by atoms with Crippen LogP contribution >= 0.6 is 0 Å². The van der Waals surface area contributed by atoms with Crippen LogP contribution in [0.1, 0.15) is 252 Å². The third-order valence-electron chi connectivity index (χ3n) is 11.2. The molecule has 0 fully saturated rings. The maximum Gasteiger partial charge on any atom is 0.306 e. The number of aliphatic hydroxyl groups is 2. The lowest BCUT2D eigenvalue weighted by Crippen LogP contribution is -2.34. The summed E-state index contributed by atoms with van der Waals surface area (Å²) in [7, 11) is 0. The Bertz CT molecular complexity index is 793. The van der Waals surface area contributed by atoms with Crippen molar-refractivity contribution in [2.24, 2.45) is 0 Å². The topological polar surface area (TPSA) is 96.3 Å².